The van der Waals surface area contributed by atoms with Gasteiger partial charge in [-0.1, -0.05) is 0 Å². The second kappa shape index (κ2) is 6.71. The van der Waals surface area contributed by atoms with E-state index in [0.717, 1.165) is 0 Å². The first kappa shape index (κ1) is 16.6. The highest BCUT2D eigenvalue weighted by Gasteiger charge is 2.28. The average Bonchev–Trinajstić information content (AvgIpc) is 3.18. The van der Waals surface area contributed by atoms with Gasteiger partial charge in [0.25, 0.3) is 0 Å². The van der Waals surface area contributed by atoms with Crippen LogP contribution in [0.1, 0.15) is 34.8 Å². The highest BCUT2D eigenvalue weighted by Crippen LogP contribution is 2.34. The number of rotatable bonds is 5. The van der Waals surface area contributed by atoms with Crippen molar-refractivity contribution in [1.82, 2.24) is 9.78 Å². The number of fused-ring (bicyclic) bond motifs is 1. The van der Waals surface area contributed by atoms with Crippen molar-refractivity contribution in [3.8, 4) is 17.2 Å². The minimum absolute atomic E-state index is 0.0521. The number of benzene rings is 1. The third-order valence-corrected chi connectivity index (χ3v) is 3.46. The number of carbonyl (C=O) groups is 2. The van der Waals surface area contributed by atoms with Gasteiger partial charge in [-0.25, -0.2) is 14.3 Å². The Morgan fingerprint density at radius 1 is 1.16 bits per heavy atom. The lowest BCUT2D eigenvalue weighted by Gasteiger charge is -2.08. The van der Waals surface area contributed by atoms with Gasteiger partial charge in [0.2, 0.25) is 6.79 Å². The van der Waals surface area contributed by atoms with E-state index in [4.69, 9.17) is 24.7 Å². The molecule has 0 radical (unpaired) electrons. The van der Waals surface area contributed by atoms with Crippen LogP contribution in [0.15, 0.2) is 18.2 Å². The van der Waals surface area contributed by atoms with Gasteiger partial charge in [-0.2, -0.15) is 5.10 Å². The van der Waals surface area contributed by atoms with Crippen molar-refractivity contribution < 1.29 is 28.5 Å². The number of carbonyl (C=O) groups excluding carboxylic acids is 2. The van der Waals surface area contributed by atoms with E-state index in [-0.39, 0.29) is 37.1 Å². The minimum atomic E-state index is -0.718. The Bertz CT molecular complexity index is 830. The van der Waals surface area contributed by atoms with Crippen LogP contribution in [0.3, 0.4) is 0 Å². The lowest BCUT2D eigenvalue weighted by atomic mass is 10.2. The summed E-state index contributed by atoms with van der Waals surface area (Å²) in [5.74, 6) is -0.336. The maximum atomic E-state index is 12.3. The van der Waals surface area contributed by atoms with E-state index < -0.39 is 11.9 Å². The van der Waals surface area contributed by atoms with Crippen LogP contribution >= 0.6 is 0 Å². The predicted octanol–water partition coefficient (Wildman–Crippen LogP) is 1.54. The number of anilines is 1. The lowest BCUT2D eigenvalue weighted by molar-refractivity contribution is 0.0510. The standard InChI is InChI=1S/C16H17N3O6/c1-3-22-15(20)13-12(17)14(16(21)23-4-2)19(18-13)9-5-6-10-11(7-9)25-8-24-10/h5-7H,3-4,8,17H2,1-2H3. The van der Waals surface area contributed by atoms with Crippen molar-refractivity contribution in [3.05, 3.63) is 29.6 Å². The van der Waals surface area contributed by atoms with Crippen LogP contribution in [0.2, 0.25) is 0 Å². The Hall–Kier alpha value is -3.23. The number of aromatic nitrogens is 2. The Balaban J connectivity index is 2.12. The van der Waals surface area contributed by atoms with Crippen molar-refractivity contribution in [2.45, 2.75) is 13.8 Å². The van der Waals surface area contributed by atoms with Gasteiger partial charge in [0.1, 0.15) is 5.69 Å². The summed E-state index contributed by atoms with van der Waals surface area (Å²) in [6, 6.07) is 4.97. The van der Waals surface area contributed by atoms with Crippen LogP contribution in [0.4, 0.5) is 5.69 Å². The molecule has 0 aliphatic carbocycles. The highest BCUT2D eigenvalue weighted by molar-refractivity contribution is 6.02. The number of nitrogens with zero attached hydrogens (tertiary/aromatic N) is 2. The largest absolute Gasteiger partial charge is 0.461 e. The Labute approximate surface area is 143 Å². The smallest absolute Gasteiger partial charge is 0.361 e. The summed E-state index contributed by atoms with van der Waals surface area (Å²) in [5.41, 5.74) is 6.14. The zero-order valence-electron chi connectivity index (χ0n) is 13.8. The summed E-state index contributed by atoms with van der Waals surface area (Å²) < 4.78 is 21.8. The highest BCUT2D eigenvalue weighted by atomic mass is 16.7. The molecule has 9 heteroatoms. The molecule has 1 aliphatic rings. The molecule has 0 unspecified atom stereocenters. The summed E-state index contributed by atoms with van der Waals surface area (Å²) in [7, 11) is 0. The third kappa shape index (κ3) is 2.95. The zero-order valence-corrected chi connectivity index (χ0v) is 13.8. The van der Waals surface area contributed by atoms with E-state index in [1.807, 2.05) is 0 Å². The van der Waals surface area contributed by atoms with Crippen LogP contribution in [0.25, 0.3) is 5.69 Å². The summed E-state index contributed by atoms with van der Waals surface area (Å²) in [4.78, 5) is 24.4. The summed E-state index contributed by atoms with van der Waals surface area (Å²) in [6.07, 6.45) is 0. The maximum Gasteiger partial charge on any atom is 0.361 e. The van der Waals surface area contributed by atoms with E-state index in [1.165, 1.54) is 4.68 Å². The molecule has 2 heterocycles. The SMILES string of the molecule is CCOC(=O)c1nn(-c2ccc3c(c2)OCO3)c(C(=O)OCC)c1N. The van der Waals surface area contributed by atoms with Crippen LogP contribution < -0.4 is 15.2 Å². The summed E-state index contributed by atoms with van der Waals surface area (Å²) in [6.45, 7) is 3.75. The van der Waals surface area contributed by atoms with Gasteiger partial charge >= 0.3 is 11.9 Å². The van der Waals surface area contributed by atoms with Gasteiger partial charge in [-0.05, 0) is 26.0 Å². The zero-order chi connectivity index (χ0) is 18.0. The molecule has 3 rings (SSSR count). The van der Waals surface area contributed by atoms with E-state index in [1.54, 1.807) is 32.0 Å². The van der Waals surface area contributed by atoms with Crippen LogP contribution in [0, 0.1) is 0 Å². The molecule has 1 aliphatic heterocycles. The number of hydrogen-bond donors (Lipinski definition) is 1. The molecule has 0 spiro atoms. The molecule has 9 nitrogen and oxygen atoms in total. The molecule has 2 N–H and O–H groups in total. The van der Waals surface area contributed by atoms with Crippen LogP contribution in [-0.2, 0) is 9.47 Å². The predicted molar refractivity (Wildman–Crippen MR) is 86.0 cm³/mol. The molecule has 132 valence electrons. The van der Waals surface area contributed by atoms with Gasteiger partial charge in [-0.3, -0.25) is 0 Å². The minimum Gasteiger partial charge on any atom is -0.461 e. The van der Waals surface area contributed by atoms with Gasteiger partial charge in [0.15, 0.2) is 22.9 Å². The summed E-state index contributed by atoms with van der Waals surface area (Å²) in [5, 5.41) is 4.15. The second-order valence-electron chi connectivity index (χ2n) is 5.00. The number of nitrogen functional groups attached to an aromatic ring is 1. The molecule has 0 atom stereocenters. The van der Waals surface area contributed by atoms with Gasteiger partial charge in [-0.15, -0.1) is 0 Å². The molecular formula is C16H17N3O6. The molecule has 0 saturated carbocycles. The van der Waals surface area contributed by atoms with E-state index in [0.29, 0.717) is 17.2 Å². The monoisotopic (exact) mass is 347 g/mol. The number of nitrogens with two attached hydrogens (primary N) is 1. The molecule has 0 saturated heterocycles. The maximum absolute atomic E-state index is 12.3. The molecule has 1 aromatic heterocycles. The quantitative estimate of drug-likeness (QED) is 0.810. The second-order valence-corrected chi connectivity index (χ2v) is 5.00. The Morgan fingerprint density at radius 2 is 1.84 bits per heavy atom. The van der Waals surface area contributed by atoms with Crippen molar-refractivity contribution in [2.24, 2.45) is 0 Å². The van der Waals surface area contributed by atoms with E-state index >= 15 is 0 Å². The molecule has 2 aromatic rings. The summed E-state index contributed by atoms with van der Waals surface area (Å²) >= 11 is 0. The molecular weight excluding hydrogens is 330 g/mol. The molecule has 25 heavy (non-hydrogen) atoms. The van der Waals surface area contributed by atoms with Gasteiger partial charge < -0.3 is 24.7 Å². The van der Waals surface area contributed by atoms with Crippen molar-refractivity contribution in [2.75, 3.05) is 25.7 Å². The first-order chi connectivity index (χ1) is 12.1. The van der Waals surface area contributed by atoms with Crippen LogP contribution in [-0.4, -0.2) is 41.7 Å². The number of ether oxygens (including phenoxy) is 4. The Morgan fingerprint density at radius 3 is 2.56 bits per heavy atom. The normalized spacial score (nSPS) is 12.1. The van der Waals surface area contributed by atoms with Crippen LogP contribution in [0.5, 0.6) is 11.5 Å². The molecule has 0 bridgehead atoms. The lowest BCUT2D eigenvalue weighted by Crippen LogP contribution is -2.13. The average molecular weight is 347 g/mol. The fourth-order valence-corrected chi connectivity index (χ4v) is 2.38. The van der Waals surface area contributed by atoms with E-state index in [2.05, 4.69) is 5.10 Å². The first-order valence-corrected chi connectivity index (χ1v) is 7.69. The molecule has 0 amide bonds. The number of hydrogen-bond acceptors (Lipinski definition) is 8. The third-order valence-electron chi connectivity index (χ3n) is 3.46. The van der Waals surface area contributed by atoms with Crippen molar-refractivity contribution in [3.63, 3.8) is 0 Å². The number of esters is 2. The fourth-order valence-electron chi connectivity index (χ4n) is 2.38. The van der Waals surface area contributed by atoms with Gasteiger partial charge in [0.05, 0.1) is 18.9 Å². The molecule has 0 fully saturated rings. The molecule has 1 aromatic carbocycles. The van der Waals surface area contributed by atoms with Gasteiger partial charge in [0, 0.05) is 6.07 Å². The topological polar surface area (TPSA) is 115 Å². The Kier molecular flexibility index (Phi) is 4.46. The fraction of sp³-hybridized carbons (Fsp3) is 0.312. The van der Waals surface area contributed by atoms with E-state index in [9.17, 15) is 9.59 Å². The first-order valence-electron chi connectivity index (χ1n) is 7.69. The van der Waals surface area contributed by atoms with Crippen molar-refractivity contribution in [1.29, 1.82) is 0 Å². The van der Waals surface area contributed by atoms with Crippen molar-refractivity contribution >= 4 is 17.6 Å².